The summed E-state index contributed by atoms with van der Waals surface area (Å²) in [5, 5.41) is 9.60. The summed E-state index contributed by atoms with van der Waals surface area (Å²) in [5.41, 5.74) is 1.87. The van der Waals surface area contributed by atoms with Gasteiger partial charge < -0.3 is 0 Å². The Balaban J connectivity index is 2.79. The number of hydrogen-bond acceptors (Lipinski definition) is 3. The average Bonchev–Trinajstić information content (AvgIpc) is 1.85. The van der Waals surface area contributed by atoms with Crippen molar-refractivity contribution in [3.8, 4) is 0 Å². The number of nitro groups is 1. The highest BCUT2D eigenvalue weighted by molar-refractivity contribution is 6.30. The first-order valence-corrected chi connectivity index (χ1v) is 3.09. The maximum absolute atomic E-state index is 9.89. The molecular weight excluding hydrogens is 170 g/mol. The van der Waals surface area contributed by atoms with Gasteiger partial charge in [-0.3, -0.25) is 0 Å². The number of halogens is 1. The van der Waals surface area contributed by atoms with Crippen LogP contribution >= 0.6 is 11.6 Å². The van der Waals surface area contributed by atoms with Crippen molar-refractivity contribution < 1.29 is 5.03 Å². The van der Waals surface area contributed by atoms with Crippen molar-refractivity contribution in [3.05, 3.63) is 33.5 Å². The minimum atomic E-state index is -0.696. The zero-order chi connectivity index (χ0) is 8.27. The van der Waals surface area contributed by atoms with Crippen molar-refractivity contribution in [1.82, 2.24) is 4.98 Å². The van der Waals surface area contributed by atoms with Crippen LogP contribution in [0.1, 0.15) is 0 Å². The number of hydrogen-bond donors (Lipinski definition) is 1. The zero-order valence-electron chi connectivity index (χ0n) is 5.32. The fraction of sp³-hybridized carbons (Fsp3) is 0. The summed E-state index contributed by atoms with van der Waals surface area (Å²) >= 11 is 5.53. The van der Waals surface area contributed by atoms with Crippen LogP contribution in [0, 0.1) is 10.1 Å². The molecule has 0 amide bonds. The van der Waals surface area contributed by atoms with Gasteiger partial charge in [-0.2, -0.15) is 0 Å². The largest absolute Gasteiger partial charge is 0.234 e. The molecule has 0 atom stereocenters. The second-order valence-corrected chi connectivity index (χ2v) is 2.16. The second kappa shape index (κ2) is 3.16. The highest BCUT2D eigenvalue weighted by atomic mass is 35.5. The van der Waals surface area contributed by atoms with E-state index in [0.29, 0.717) is 5.02 Å². The second-order valence-electron chi connectivity index (χ2n) is 1.73. The predicted molar refractivity (Wildman–Crippen MR) is 39.9 cm³/mol. The van der Waals surface area contributed by atoms with Crippen LogP contribution in [0.15, 0.2) is 18.3 Å². The molecule has 1 aromatic rings. The normalized spacial score (nSPS) is 9.18. The summed E-state index contributed by atoms with van der Waals surface area (Å²) < 4.78 is 0. The third kappa shape index (κ3) is 2.38. The van der Waals surface area contributed by atoms with Crippen molar-refractivity contribution in [2.75, 3.05) is 5.43 Å². The third-order valence-corrected chi connectivity index (χ3v) is 1.16. The number of nitrogens with zero attached hydrogens (tertiary/aromatic N) is 2. The van der Waals surface area contributed by atoms with E-state index in [2.05, 4.69) is 4.98 Å². The Kier molecular flexibility index (Phi) is 2.22. The van der Waals surface area contributed by atoms with Crippen LogP contribution in [0.3, 0.4) is 0 Å². The summed E-state index contributed by atoms with van der Waals surface area (Å²) in [7, 11) is 0. The Hall–Kier alpha value is -1.36. The molecule has 1 aromatic heterocycles. The molecule has 0 aromatic carbocycles. The summed E-state index contributed by atoms with van der Waals surface area (Å²) in [4.78, 5) is 13.5. The summed E-state index contributed by atoms with van der Waals surface area (Å²) in [6.07, 6.45) is 1.38. The molecule has 5 nitrogen and oxygen atoms in total. The molecule has 1 heterocycles. The van der Waals surface area contributed by atoms with Gasteiger partial charge in [-0.05, 0) is 6.07 Å². The van der Waals surface area contributed by atoms with Gasteiger partial charge in [-0.25, -0.2) is 15.1 Å². The molecule has 1 rings (SSSR count). The van der Waals surface area contributed by atoms with Crippen LogP contribution in [0.5, 0.6) is 0 Å². The van der Waals surface area contributed by atoms with Crippen LogP contribution in [0.2, 0.25) is 5.02 Å². The first-order chi connectivity index (χ1) is 5.18. The highest BCUT2D eigenvalue weighted by Crippen LogP contribution is 2.10. The highest BCUT2D eigenvalue weighted by Gasteiger charge is 1.99. The number of aromatic nitrogens is 1. The lowest BCUT2D eigenvalue weighted by atomic mass is 10.5. The van der Waals surface area contributed by atoms with E-state index >= 15 is 0 Å². The smallest absolute Gasteiger partial charge is 0.192 e. The molecule has 0 saturated heterocycles. The van der Waals surface area contributed by atoms with E-state index < -0.39 is 5.03 Å². The van der Waals surface area contributed by atoms with Gasteiger partial charge in [0.1, 0.15) is 0 Å². The van der Waals surface area contributed by atoms with Crippen molar-refractivity contribution in [1.29, 1.82) is 0 Å². The molecule has 0 aliphatic rings. The molecule has 0 radical (unpaired) electrons. The lowest BCUT2D eigenvalue weighted by Gasteiger charge is -1.94. The maximum Gasteiger partial charge on any atom is 0.192 e. The molecule has 58 valence electrons. The fourth-order valence-electron chi connectivity index (χ4n) is 0.559. The number of hydrazine groups is 1. The quantitative estimate of drug-likeness (QED) is 0.541. The number of nitrogens with one attached hydrogen (secondary N) is 1. The zero-order valence-corrected chi connectivity index (χ0v) is 6.08. The third-order valence-electron chi connectivity index (χ3n) is 0.928. The van der Waals surface area contributed by atoms with Gasteiger partial charge in [0.05, 0.1) is 0 Å². The van der Waals surface area contributed by atoms with E-state index in [9.17, 15) is 10.1 Å². The Bertz CT molecular complexity index is 278. The van der Waals surface area contributed by atoms with Crippen molar-refractivity contribution in [3.63, 3.8) is 0 Å². The minimum absolute atomic E-state index is 0.127. The van der Waals surface area contributed by atoms with Crippen molar-refractivity contribution >= 4 is 17.4 Å². The predicted octanol–water partition coefficient (Wildman–Crippen LogP) is 1.34. The van der Waals surface area contributed by atoms with E-state index in [1.807, 2.05) is 5.43 Å². The van der Waals surface area contributed by atoms with Crippen LogP contribution in [-0.4, -0.2) is 10.0 Å². The van der Waals surface area contributed by atoms with Crippen LogP contribution < -0.4 is 5.43 Å². The van der Waals surface area contributed by atoms with E-state index in [-0.39, 0.29) is 5.82 Å². The van der Waals surface area contributed by atoms with Gasteiger partial charge >= 0.3 is 0 Å². The number of rotatable bonds is 2. The first-order valence-electron chi connectivity index (χ1n) is 2.71. The van der Waals surface area contributed by atoms with Gasteiger partial charge in [0.2, 0.25) is 0 Å². The van der Waals surface area contributed by atoms with Gasteiger partial charge in [-0.1, -0.05) is 17.0 Å². The maximum atomic E-state index is 9.89. The Morgan fingerprint density at radius 3 is 3.00 bits per heavy atom. The Morgan fingerprint density at radius 2 is 2.45 bits per heavy atom. The van der Waals surface area contributed by atoms with Gasteiger partial charge in [0.15, 0.2) is 10.9 Å². The van der Waals surface area contributed by atoms with E-state index in [1.54, 1.807) is 0 Å². The molecule has 1 N–H and O–H groups in total. The molecule has 11 heavy (non-hydrogen) atoms. The monoisotopic (exact) mass is 173 g/mol. The van der Waals surface area contributed by atoms with Crippen LogP contribution in [-0.2, 0) is 0 Å². The number of anilines is 1. The van der Waals surface area contributed by atoms with E-state index in [1.165, 1.54) is 18.3 Å². The van der Waals surface area contributed by atoms with Gasteiger partial charge in [-0.15, -0.1) is 0 Å². The lowest BCUT2D eigenvalue weighted by Crippen LogP contribution is -2.08. The van der Waals surface area contributed by atoms with E-state index in [4.69, 9.17) is 11.6 Å². The van der Waals surface area contributed by atoms with Crippen LogP contribution in [0.4, 0.5) is 5.82 Å². The first kappa shape index (κ1) is 7.74. The Labute approximate surface area is 67.1 Å². The molecule has 0 bridgehead atoms. The van der Waals surface area contributed by atoms with Crippen LogP contribution in [0.25, 0.3) is 0 Å². The molecule has 0 fully saturated rings. The Morgan fingerprint density at radius 1 is 1.73 bits per heavy atom. The molecule has 0 aliphatic heterocycles. The summed E-state index contributed by atoms with van der Waals surface area (Å²) in [5.74, 6) is 0.127. The number of pyridine rings is 1. The average molecular weight is 174 g/mol. The standard InChI is InChI=1S/C5H4ClN3O2/c6-4-1-2-7-5(3-4)8-9(10)11/h1-3H,(H,7,8). The van der Waals surface area contributed by atoms with Crippen molar-refractivity contribution in [2.24, 2.45) is 0 Å². The topological polar surface area (TPSA) is 68.1 Å². The fourth-order valence-corrected chi connectivity index (χ4v) is 0.719. The molecule has 0 saturated carbocycles. The summed E-state index contributed by atoms with van der Waals surface area (Å²) in [6, 6.07) is 2.90. The lowest BCUT2D eigenvalue weighted by molar-refractivity contribution is -0.445. The van der Waals surface area contributed by atoms with Crippen molar-refractivity contribution in [2.45, 2.75) is 0 Å². The minimum Gasteiger partial charge on any atom is -0.234 e. The van der Waals surface area contributed by atoms with Gasteiger partial charge in [0.25, 0.3) is 0 Å². The summed E-state index contributed by atoms with van der Waals surface area (Å²) in [6.45, 7) is 0. The molecule has 0 spiro atoms. The molecular formula is C5H4ClN3O2. The molecule has 6 heteroatoms. The molecule has 0 aliphatic carbocycles. The van der Waals surface area contributed by atoms with Gasteiger partial charge in [0, 0.05) is 17.3 Å². The van der Waals surface area contributed by atoms with E-state index in [0.717, 1.165) is 0 Å². The SMILES string of the molecule is O=[N+]([O-])Nc1cc(Cl)ccn1. The molecule has 0 unspecified atom stereocenters.